The van der Waals surface area contributed by atoms with Crippen LogP contribution in [0.1, 0.15) is 5.56 Å². The monoisotopic (exact) mass is 473 g/mol. The summed E-state index contributed by atoms with van der Waals surface area (Å²) >= 11 is 1.37. The van der Waals surface area contributed by atoms with E-state index in [0.717, 1.165) is 33.4 Å². The molecule has 5 nitrogen and oxygen atoms in total. The highest BCUT2D eigenvalue weighted by Gasteiger charge is 2.34. The predicted octanol–water partition coefficient (Wildman–Crippen LogP) is 7.30. The molecule has 1 amide bonds. The van der Waals surface area contributed by atoms with Gasteiger partial charge in [-0.15, -0.1) is 0 Å². The molecular weight excluding hydrogens is 454 g/mol. The molecule has 4 aromatic carbocycles. The highest BCUT2D eigenvalue weighted by molar-refractivity contribution is 8.19. The average molecular weight is 474 g/mol. The van der Waals surface area contributed by atoms with Crippen LogP contribution in [0.15, 0.2) is 124 Å². The standard InChI is InChI=1S/C29H19N3O2S/c33-28-26(19-20-16-17-25-24(18-20)27(34-31-25)21-10-4-1-5-11-21)35-29(30-22-12-6-2-7-13-22)32(28)23-14-8-3-9-15-23/h1-19H. The van der Waals surface area contributed by atoms with Crippen LogP contribution in [0, 0.1) is 0 Å². The third-order valence-electron chi connectivity index (χ3n) is 5.64. The lowest BCUT2D eigenvalue weighted by atomic mass is 10.1. The molecule has 5 aromatic rings. The van der Waals surface area contributed by atoms with E-state index in [0.29, 0.717) is 15.8 Å². The largest absolute Gasteiger partial charge is 0.355 e. The Morgan fingerprint density at radius 2 is 1.51 bits per heavy atom. The van der Waals surface area contributed by atoms with Gasteiger partial charge in [0.15, 0.2) is 10.9 Å². The third-order valence-corrected chi connectivity index (χ3v) is 6.60. The van der Waals surface area contributed by atoms with Crippen molar-refractivity contribution in [2.75, 3.05) is 4.90 Å². The smallest absolute Gasteiger partial charge is 0.271 e. The minimum Gasteiger partial charge on any atom is -0.355 e. The maximum Gasteiger partial charge on any atom is 0.271 e. The first-order chi connectivity index (χ1) is 17.3. The second-order valence-electron chi connectivity index (χ2n) is 7.97. The van der Waals surface area contributed by atoms with Crippen LogP contribution in [0.5, 0.6) is 0 Å². The molecule has 0 bridgehead atoms. The number of aliphatic imine (C=N–C) groups is 1. The number of anilines is 1. The lowest BCUT2D eigenvalue weighted by Gasteiger charge is -2.15. The van der Waals surface area contributed by atoms with Crippen molar-refractivity contribution >= 4 is 51.2 Å². The van der Waals surface area contributed by atoms with Gasteiger partial charge in [0.1, 0.15) is 5.52 Å². The number of carbonyl (C=O) groups excluding carboxylic acids is 1. The van der Waals surface area contributed by atoms with Gasteiger partial charge in [-0.25, -0.2) is 4.99 Å². The number of rotatable bonds is 4. The first-order valence-corrected chi connectivity index (χ1v) is 12.0. The van der Waals surface area contributed by atoms with E-state index < -0.39 is 0 Å². The molecule has 1 aliphatic rings. The number of amidine groups is 1. The number of benzene rings is 4. The summed E-state index contributed by atoms with van der Waals surface area (Å²) in [5, 5.41) is 5.72. The number of hydrogen-bond acceptors (Lipinski definition) is 5. The van der Waals surface area contributed by atoms with Crippen LogP contribution in [0.2, 0.25) is 0 Å². The third kappa shape index (κ3) is 4.16. The number of carbonyl (C=O) groups is 1. The van der Waals surface area contributed by atoms with Crippen molar-refractivity contribution in [3.63, 3.8) is 0 Å². The van der Waals surface area contributed by atoms with E-state index in [4.69, 9.17) is 9.52 Å². The van der Waals surface area contributed by atoms with Gasteiger partial charge in [-0.2, -0.15) is 0 Å². The number of amides is 1. The van der Waals surface area contributed by atoms with E-state index in [2.05, 4.69) is 5.16 Å². The Morgan fingerprint density at radius 1 is 0.829 bits per heavy atom. The van der Waals surface area contributed by atoms with Gasteiger partial charge in [0.2, 0.25) is 0 Å². The van der Waals surface area contributed by atoms with E-state index in [1.165, 1.54) is 11.8 Å². The number of hydrogen-bond donors (Lipinski definition) is 0. The summed E-state index contributed by atoms with van der Waals surface area (Å²) in [6, 6.07) is 35.0. The van der Waals surface area contributed by atoms with Gasteiger partial charge in [0.05, 0.1) is 21.7 Å². The molecule has 1 fully saturated rings. The molecule has 2 heterocycles. The molecule has 0 atom stereocenters. The minimum absolute atomic E-state index is 0.107. The van der Waals surface area contributed by atoms with Gasteiger partial charge >= 0.3 is 0 Å². The number of thioether (sulfide) groups is 1. The zero-order valence-corrected chi connectivity index (χ0v) is 19.4. The molecule has 6 rings (SSSR count). The van der Waals surface area contributed by atoms with Crippen molar-refractivity contribution in [3.05, 3.63) is 120 Å². The highest BCUT2D eigenvalue weighted by atomic mass is 32.2. The summed E-state index contributed by atoms with van der Waals surface area (Å²) in [5.41, 5.74) is 4.20. The summed E-state index contributed by atoms with van der Waals surface area (Å²) in [4.78, 5) is 20.6. The van der Waals surface area contributed by atoms with Crippen molar-refractivity contribution < 1.29 is 9.32 Å². The Balaban J connectivity index is 1.41. The molecule has 0 N–H and O–H groups in total. The fourth-order valence-electron chi connectivity index (χ4n) is 3.96. The Hall–Kier alpha value is -4.42. The van der Waals surface area contributed by atoms with Gasteiger partial charge < -0.3 is 4.52 Å². The Kier molecular flexibility index (Phi) is 5.48. The van der Waals surface area contributed by atoms with Crippen LogP contribution in [-0.2, 0) is 4.79 Å². The quantitative estimate of drug-likeness (QED) is 0.257. The van der Waals surface area contributed by atoms with E-state index in [9.17, 15) is 4.79 Å². The maximum atomic E-state index is 13.5. The first-order valence-electron chi connectivity index (χ1n) is 11.1. The molecule has 0 saturated carbocycles. The number of fused-ring (bicyclic) bond motifs is 1. The zero-order valence-electron chi connectivity index (χ0n) is 18.5. The van der Waals surface area contributed by atoms with Crippen LogP contribution < -0.4 is 4.90 Å². The molecule has 1 saturated heterocycles. The van der Waals surface area contributed by atoms with Gasteiger partial charge in [-0.05, 0) is 59.8 Å². The normalized spacial score (nSPS) is 16.0. The number of nitrogens with zero attached hydrogens (tertiary/aromatic N) is 3. The Labute approximate surface area is 206 Å². The Bertz CT molecular complexity index is 1580. The van der Waals surface area contributed by atoms with E-state index in [1.54, 1.807) is 4.90 Å². The van der Waals surface area contributed by atoms with Crippen LogP contribution in [-0.4, -0.2) is 16.2 Å². The van der Waals surface area contributed by atoms with Gasteiger partial charge in [0.25, 0.3) is 5.91 Å². The lowest BCUT2D eigenvalue weighted by molar-refractivity contribution is -0.113. The summed E-state index contributed by atoms with van der Waals surface area (Å²) in [5.74, 6) is 0.605. The van der Waals surface area contributed by atoms with Crippen LogP contribution in [0.25, 0.3) is 28.3 Å². The molecule has 35 heavy (non-hydrogen) atoms. The zero-order chi connectivity index (χ0) is 23.6. The van der Waals surface area contributed by atoms with Crippen LogP contribution in [0.4, 0.5) is 11.4 Å². The topological polar surface area (TPSA) is 58.7 Å². The molecule has 0 unspecified atom stereocenters. The van der Waals surface area contributed by atoms with Gasteiger partial charge in [-0.3, -0.25) is 9.69 Å². The minimum atomic E-state index is -0.107. The van der Waals surface area contributed by atoms with Crippen molar-refractivity contribution in [1.29, 1.82) is 0 Å². The van der Waals surface area contributed by atoms with E-state index >= 15 is 0 Å². The maximum absolute atomic E-state index is 13.5. The second kappa shape index (κ2) is 9.08. The summed E-state index contributed by atoms with van der Waals surface area (Å²) in [6.07, 6.45) is 1.90. The molecule has 1 aromatic heterocycles. The van der Waals surface area contributed by atoms with Crippen LogP contribution in [0.3, 0.4) is 0 Å². The molecule has 1 aliphatic heterocycles. The summed E-state index contributed by atoms with van der Waals surface area (Å²) in [7, 11) is 0. The van der Waals surface area contributed by atoms with Crippen molar-refractivity contribution in [2.45, 2.75) is 0 Å². The summed E-state index contributed by atoms with van der Waals surface area (Å²) in [6.45, 7) is 0. The lowest BCUT2D eigenvalue weighted by Crippen LogP contribution is -2.28. The molecular formula is C29H19N3O2S. The molecule has 168 valence electrons. The SMILES string of the molecule is O=C1C(=Cc2ccc3noc(-c4ccccc4)c3c2)SC(=Nc2ccccc2)N1c1ccccc1. The Morgan fingerprint density at radius 3 is 2.26 bits per heavy atom. The summed E-state index contributed by atoms with van der Waals surface area (Å²) < 4.78 is 5.64. The molecule has 0 radical (unpaired) electrons. The average Bonchev–Trinajstić information content (AvgIpc) is 3.46. The second-order valence-corrected chi connectivity index (χ2v) is 8.98. The molecule has 6 heteroatoms. The molecule has 0 aliphatic carbocycles. The first kappa shape index (κ1) is 21.1. The predicted molar refractivity (Wildman–Crippen MR) is 142 cm³/mol. The fourth-order valence-corrected chi connectivity index (χ4v) is 4.97. The van der Waals surface area contributed by atoms with Crippen molar-refractivity contribution in [2.24, 2.45) is 4.99 Å². The van der Waals surface area contributed by atoms with E-state index in [1.807, 2.05) is 115 Å². The highest BCUT2D eigenvalue weighted by Crippen LogP contribution is 2.38. The van der Waals surface area contributed by atoms with Crippen LogP contribution >= 0.6 is 11.8 Å². The van der Waals surface area contributed by atoms with Crippen molar-refractivity contribution in [3.8, 4) is 11.3 Å². The van der Waals surface area contributed by atoms with Crippen molar-refractivity contribution in [1.82, 2.24) is 5.16 Å². The number of aromatic nitrogens is 1. The van der Waals surface area contributed by atoms with Gasteiger partial charge in [-0.1, -0.05) is 78.0 Å². The fraction of sp³-hybridized carbons (Fsp3) is 0. The number of para-hydroxylation sites is 2. The van der Waals surface area contributed by atoms with Gasteiger partial charge in [0, 0.05) is 5.56 Å². The van der Waals surface area contributed by atoms with E-state index in [-0.39, 0.29) is 5.91 Å². The molecule has 0 spiro atoms.